The fourth-order valence-electron chi connectivity index (χ4n) is 3.61. The zero-order valence-electron chi connectivity index (χ0n) is 13.1. The van der Waals surface area contributed by atoms with E-state index in [1.807, 2.05) is 29.6 Å². The Morgan fingerprint density at radius 1 is 1.38 bits per heavy atom. The van der Waals surface area contributed by atoms with Crippen LogP contribution in [0.2, 0.25) is 0 Å². The van der Waals surface area contributed by atoms with Gasteiger partial charge < -0.3 is 4.90 Å². The third-order valence-corrected chi connectivity index (χ3v) is 6.60. The standard InChI is InChI=1S/C18H15N3OS2/c1-20(13-7-6-11-4-2-3-5-12(11)13)17(22)15-10-14-16(24-15)19-18-21(14)8-9-23-18/h2-5,8-10,13H,6-7H2,1H3. The summed E-state index contributed by atoms with van der Waals surface area (Å²) in [5.41, 5.74) is 3.68. The van der Waals surface area contributed by atoms with E-state index in [4.69, 9.17) is 0 Å². The fraction of sp³-hybridized carbons (Fsp3) is 0.222. The number of thiophene rings is 1. The number of hydrogen-bond donors (Lipinski definition) is 0. The van der Waals surface area contributed by atoms with E-state index in [0.717, 1.165) is 33.0 Å². The number of nitrogens with zero attached hydrogens (tertiary/aromatic N) is 3. The molecule has 1 atom stereocenters. The first-order chi connectivity index (χ1) is 11.7. The zero-order chi connectivity index (χ0) is 16.3. The molecule has 120 valence electrons. The van der Waals surface area contributed by atoms with E-state index in [-0.39, 0.29) is 11.9 Å². The SMILES string of the molecule is CN(C(=O)c1cc2c(nc3sccn32)s1)C1CCc2ccccc21. The highest BCUT2D eigenvalue weighted by Crippen LogP contribution is 2.36. The number of aromatic nitrogens is 2. The van der Waals surface area contributed by atoms with Crippen LogP contribution in [0.4, 0.5) is 0 Å². The van der Waals surface area contributed by atoms with Crippen molar-refractivity contribution in [2.75, 3.05) is 7.05 Å². The lowest BCUT2D eigenvalue weighted by molar-refractivity contribution is 0.0735. The molecule has 0 fully saturated rings. The van der Waals surface area contributed by atoms with Gasteiger partial charge in [0, 0.05) is 18.6 Å². The van der Waals surface area contributed by atoms with Crippen molar-refractivity contribution in [3.63, 3.8) is 0 Å². The molecule has 3 heterocycles. The van der Waals surface area contributed by atoms with E-state index in [2.05, 4.69) is 33.7 Å². The molecule has 1 aromatic carbocycles. The van der Waals surface area contributed by atoms with Crippen molar-refractivity contribution in [3.05, 3.63) is 57.9 Å². The van der Waals surface area contributed by atoms with Crippen LogP contribution < -0.4 is 0 Å². The molecule has 0 bridgehead atoms. The van der Waals surface area contributed by atoms with Gasteiger partial charge in [-0.2, -0.15) is 0 Å². The number of rotatable bonds is 2. The topological polar surface area (TPSA) is 37.6 Å². The Hall–Kier alpha value is -2.18. The van der Waals surface area contributed by atoms with Crippen molar-refractivity contribution in [2.45, 2.75) is 18.9 Å². The molecule has 0 aliphatic heterocycles. The molecule has 0 N–H and O–H groups in total. The van der Waals surface area contributed by atoms with E-state index < -0.39 is 0 Å². The number of amides is 1. The molecular formula is C18H15N3OS2. The van der Waals surface area contributed by atoms with Crippen LogP contribution in [0.3, 0.4) is 0 Å². The van der Waals surface area contributed by atoms with Crippen LogP contribution in [-0.4, -0.2) is 27.2 Å². The normalized spacial score (nSPS) is 16.8. The van der Waals surface area contributed by atoms with Crippen molar-refractivity contribution in [2.24, 2.45) is 0 Å². The number of carbonyl (C=O) groups excluding carboxylic acids is 1. The zero-order valence-corrected chi connectivity index (χ0v) is 14.7. The lowest BCUT2D eigenvalue weighted by atomic mass is 10.1. The van der Waals surface area contributed by atoms with Gasteiger partial charge in [0.2, 0.25) is 0 Å². The predicted octanol–water partition coefficient (Wildman–Crippen LogP) is 4.37. The Kier molecular flexibility index (Phi) is 3.05. The summed E-state index contributed by atoms with van der Waals surface area (Å²) < 4.78 is 2.05. The third kappa shape index (κ3) is 1.96. The molecule has 5 rings (SSSR count). The molecule has 1 unspecified atom stereocenters. The van der Waals surface area contributed by atoms with Gasteiger partial charge in [-0.3, -0.25) is 9.20 Å². The molecule has 4 nitrogen and oxygen atoms in total. The predicted molar refractivity (Wildman–Crippen MR) is 98.0 cm³/mol. The van der Waals surface area contributed by atoms with Gasteiger partial charge in [0.15, 0.2) is 4.96 Å². The summed E-state index contributed by atoms with van der Waals surface area (Å²) in [4.78, 5) is 22.2. The van der Waals surface area contributed by atoms with Gasteiger partial charge in [-0.25, -0.2) is 4.98 Å². The summed E-state index contributed by atoms with van der Waals surface area (Å²) in [6, 6.07) is 10.6. The second kappa shape index (κ2) is 5.16. The van der Waals surface area contributed by atoms with Crippen LogP contribution in [0, 0.1) is 0 Å². The molecule has 1 amide bonds. The largest absolute Gasteiger partial charge is 0.334 e. The van der Waals surface area contributed by atoms with Crippen LogP contribution in [-0.2, 0) is 6.42 Å². The molecular weight excluding hydrogens is 338 g/mol. The highest BCUT2D eigenvalue weighted by molar-refractivity contribution is 7.21. The van der Waals surface area contributed by atoms with Gasteiger partial charge in [-0.1, -0.05) is 24.3 Å². The summed E-state index contributed by atoms with van der Waals surface area (Å²) in [6.45, 7) is 0. The highest BCUT2D eigenvalue weighted by atomic mass is 32.1. The van der Waals surface area contributed by atoms with Crippen molar-refractivity contribution < 1.29 is 4.79 Å². The summed E-state index contributed by atoms with van der Waals surface area (Å²) in [7, 11) is 1.92. The Labute approximate surface area is 147 Å². The molecule has 0 radical (unpaired) electrons. The number of imidazole rings is 1. The Balaban J connectivity index is 1.50. The summed E-state index contributed by atoms with van der Waals surface area (Å²) in [5.74, 6) is 0.0867. The van der Waals surface area contributed by atoms with Crippen LogP contribution in [0.5, 0.6) is 0 Å². The number of thiazole rings is 1. The Morgan fingerprint density at radius 2 is 2.25 bits per heavy atom. The first-order valence-corrected chi connectivity index (χ1v) is 9.62. The Morgan fingerprint density at radius 3 is 3.17 bits per heavy atom. The van der Waals surface area contributed by atoms with Gasteiger partial charge in [-0.15, -0.1) is 22.7 Å². The first kappa shape index (κ1) is 14.2. The van der Waals surface area contributed by atoms with Gasteiger partial charge in [0.1, 0.15) is 4.83 Å². The molecule has 4 aromatic rings. The van der Waals surface area contributed by atoms with Crippen molar-refractivity contribution in [1.82, 2.24) is 14.3 Å². The molecule has 3 aromatic heterocycles. The maximum absolute atomic E-state index is 13.0. The maximum atomic E-state index is 13.0. The quantitative estimate of drug-likeness (QED) is 0.537. The molecule has 0 saturated heterocycles. The Bertz CT molecular complexity index is 1070. The number of fused-ring (bicyclic) bond motifs is 4. The second-order valence-electron chi connectivity index (χ2n) is 6.14. The van der Waals surface area contributed by atoms with E-state index >= 15 is 0 Å². The van der Waals surface area contributed by atoms with Crippen molar-refractivity contribution in [1.29, 1.82) is 0 Å². The van der Waals surface area contributed by atoms with Gasteiger partial charge in [0.25, 0.3) is 5.91 Å². The molecule has 1 aliphatic carbocycles. The lowest BCUT2D eigenvalue weighted by Crippen LogP contribution is -2.29. The van der Waals surface area contributed by atoms with Crippen molar-refractivity contribution in [3.8, 4) is 0 Å². The fourth-order valence-corrected chi connectivity index (χ4v) is 5.39. The first-order valence-electron chi connectivity index (χ1n) is 7.92. The average molecular weight is 353 g/mol. The summed E-state index contributed by atoms with van der Waals surface area (Å²) in [6.07, 6.45) is 4.05. The molecule has 24 heavy (non-hydrogen) atoms. The monoisotopic (exact) mass is 353 g/mol. The number of aryl methyl sites for hydroxylation is 1. The summed E-state index contributed by atoms with van der Waals surface area (Å²) >= 11 is 3.10. The molecule has 0 saturated carbocycles. The molecule has 1 aliphatic rings. The van der Waals surface area contributed by atoms with E-state index in [0.29, 0.717) is 0 Å². The summed E-state index contributed by atoms with van der Waals surface area (Å²) in [5, 5.41) is 2.02. The maximum Gasteiger partial charge on any atom is 0.264 e. The average Bonchev–Trinajstić information content (AvgIpc) is 3.33. The molecule has 0 spiro atoms. The van der Waals surface area contributed by atoms with Crippen LogP contribution in [0.25, 0.3) is 15.3 Å². The van der Waals surface area contributed by atoms with E-state index in [1.165, 1.54) is 22.5 Å². The lowest BCUT2D eigenvalue weighted by Gasteiger charge is -2.25. The smallest absolute Gasteiger partial charge is 0.264 e. The minimum atomic E-state index is 0.0867. The van der Waals surface area contributed by atoms with Crippen LogP contribution in [0.15, 0.2) is 41.9 Å². The van der Waals surface area contributed by atoms with E-state index in [1.54, 1.807) is 11.3 Å². The third-order valence-electron chi connectivity index (χ3n) is 4.84. The minimum Gasteiger partial charge on any atom is -0.334 e. The van der Waals surface area contributed by atoms with E-state index in [9.17, 15) is 4.79 Å². The van der Waals surface area contributed by atoms with Crippen LogP contribution in [0.1, 0.15) is 33.3 Å². The van der Waals surface area contributed by atoms with Crippen LogP contribution >= 0.6 is 22.7 Å². The number of benzene rings is 1. The second-order valence-corrected chi connectivity index (χ2v) is 8.04. The van der Waals surface area contributed by atoms with Gasteiger partial charge >= 0.3 is 0 Å². The molecule has 6 heteroatoms. The van der Waals surface area contributed by atoms with Crippen molar-refractivity contribution >= 4 is 43.9 Å². The highest BCUT2D eigenvalue weighted by Gasteiger charge is 2.29. The van der Waals surface area contributed by atoms with Gasteiger partial charge in [-0.05, 0) is 30.0 Å². The minimum absolute atomic E-state index is 0.0867. The number of carbonyl (C=O) groups is 1. The van der Waals surface area contributed by atoms with Gasteiger partial charge in [0.05, 0.1) is 16.4 Å². The number of hydrogen-bond acceptors (Lipinski definition) is 4.